The highest BCUT2D eigenvalue weighted by molar-refractivity contribution is 6.30. The van der Waals surface area contributed by atoms with Gasteiger partial charge in [0.05, 0.1) is 7.11 Å². The minimum atomic E-state index is -0.462. The van der Waals surface area contributed by atoms with Gasteiger partial charge in [0.15, 0.2) is 0 Å². The molecule has 0 N–H and O–H groups in total. The van der Waals surface area contributed by atoms with E-state index in [2.05, 4.69) is 4.99 Å². The summed E-state index contributed by atoms with van der Waals surface area (Å²) in [6.07, 6.45) is 1.66. The number of esters is 1. The average Bonchev–Trinajstić information content (AvgIpc) is 2.31. The number of carbonyl (C=O) groups is 1. The Labute approximate surface area is 106 Å². The van der Waals surface area contributed by atoms with Crippen LogP contribution < -0.4 is 0 Å². The van der Waals surface area contributed by atoms with Gasteiger partial charge in [0.1, 0.15) is 6.04 Å². The predicted molar refractivity (Wildman–Crippen MR) is 69.7 cm³/mol. The summed E-state index contributed by atoms with van der Waals surface area (Å²) >= 11 is 5.78. The zero-order valence-corrected chi connectivity index (χ0v) is 10.9. The molecule has 1 aromatic rings. The summed E-state index contributed by atoms with van der Waals surface area (Å²) < 4.78 is 4.71. The Kier molecular flexibility index (Phi) is 5.16. The van der Waals surface area contributed by atoms with E-state index in [0.717, 1.165) is 5.56 Å². The highest BCUT2D eigenvalue weighted by Crippen LogP contribution is 2.11. The Bertz CT molecular complexity index is 398. The van der Waals surface area contributed by atoms with Crippen LogP contribution in [0.15, 0.2) is 29.3 Å². The van der Waals surface area contributed by atoms with Crippen molar-refractivity contribution < 1.29 is 9.53 Å². The Morgan fingerprint density at radius 3 is 2.41 bits per heavy atom. The van der Waals surface area contributed by atoms with E-state index in [9.17, 15) is 4.79 Å². The molecule has 0 amide bonds. The largest absolute Gasteiger partial charge is 0.467 e. The molecule has 0 fully saturated rings. The van der Waals surface area contributed by atoms with Gasteiger partial charge < -0.3 is 4.74 Å². The van der Waals surface area contributed by atoms with E-state index in [-0.39, 0.29) is 11.9 Å². The molecule has 0 aliphatic heterocycles. The second-order valence-corrected chi connectivity index (χ2v) is 4.48. The summed E-state index contributed by atoms with van der Waals surface area (Å²) in [5.41, 5.74) is 0.906. The maximum Gasteiger partial charge on any atom is 0.330 e. The number of hydrogen-bond donors (Lipinski definition) is 0. The monoisotopic (exact) mass is 253 g/mol. The average molecular weight is 254 g/mol. The fourth-order valence-corrected chi connectivity index (χ4v) is 1.47. The van der Waals surface area contributed by atoms with Gasteiger partial charge >= 0.3 is 5.97 Å². The maximum absolute atomic E-state index is 11.5. The standard InChI is InChI=1S/C13H16ClNO2/c1-9(2)12(13(16)17-3)15-8-10-4-6-11(14)7-5-10/h4-9,12H,1-3H3. The lowest BCUT2D eigenvalue weighted by atomic mass is 10.1. The predicted octanol–water partition coefficient (Wildman–Crippen LogP) is 2.96. The van der Waals surface area contributed by atoms with E-state index in [1.807, 2.05) is 26.0 Å². The van der Waals surface area contributed by atoms with Crippen molar-refractivity contribution in [2.24, 2.45) is 10.9 Å². The van der Waals surface area contributed by atoms with Crippen molar-refractivity contribution in [2.75, 3.05) is 7.11 Å². The van der Waals surface area contributed by atoms with Crippen LogP contribution in [0.25, 0.3) is 0 Å². The molecular formula is C13H16ClNO2. The number of aliphatic imine (C=N–C) groups is 1. The molecule has 0 saturated heterocycles. The first kappa shape index (κ1) is 13.7. The maximum atomic E-state index is 11.5. The summed E-state index contributed by atoms with van der Waals surface area (Å²) in [4.78, 5) is 15.7. The van der Waals surface area contributed by atoms with Crippen LogP contribution in [0.2, 0.25) is 5.02 Å². The van der Waals surface area contributed by atoms with Crippen LogP contribution >= 0.6 is 11.6 Å². The lowest BCUT2D eigenvalue weighted by Gasteiger charge is -2.13. The fraction of sp³-hybridized carbons (Fsp3) is 0.385. The zero-order valence-electron chi connectivity index (χ0n) is 10.2. The number of hydrogen-bond acceptors (Lipinski definition) is 3. The van der Waals surface area contributed by atoms with Crippen molar-refractivity contribution in [3.8, 4) is 0 Å². The lowest BCUT2D eigenvalue weighted by Crippen LogP contribution is -2.25. The van der Waals surface area contributed by atoms with Crippen LogP contribution in [0.5, 0.6) is 0 Å². The third kappa shape index (κ3) is 4.19. The van der Waals surface area contributed by atoms with Gasteiger partial charge in [0.25, 0.3) is 0 Å². The Balaban J connectivity index is 2.79. The third-order valence-corrected chi connectivity index (χ3v) is 2.58. The number of ether oxygens (including phenoxy) is 1. The molecule has 1 aromatic carbocycles. The Hall–Kier alpha value is -1.35. The SMILES string of the molecule is COC(=O)C(N=Cc1ccc(Cl)cc1)C(C)C. The van der Waals surface area contributed by atoms with E-state index >= 15 is 0 Å². The number of methoxy groups -OCH3 is 1. The number of nitrogens with zero attached hydrogens (tertiary/aromatic N) is 1. The van der Waals surface area contributed by atoms with Gasteiger partial charge in [-0.3, -0.25) is 4.99 Å². The van der Waals surface area contributed by atoms with Crippen LogP contribution in [0.4, 0.5) is 0 Å². The quantitative estimate of drug-likeness (QED) is 0.611. The van der Waals surface area contributed by atoms with Crippen LogP contribution in [0.1, 0.15) is 19.4 Å². The number of rotatable bonds is 4. The molecule has 0 aliphatic carbocycles. The normalized spacial score (nSPS) is 13.0. The van der Waals surface area contributed by atoms with E-state index in [0.29, 0.717) is 5.02 Å². The fourth-order valence-electron chi connectivity index (χ4n) is 1.34. The summed E-state index contributed by atoms with van der Waals surface area (Å²) in [6.45, 7) is 3.86. The smallest absolute Gasteiger partial charge is 0.330 e. The minimum absolute atomic E-state index is 0.103. The second kappa shape index (κ2) is 6.40. The van der Waals surface area contributed by atoms with Gasteiger partial charge in [0.2, 0.25) is 0 Å². The second-order valence-electron chi connectivity index (χ2n) is 4.04. The first-order valence-corrected chi connectivity index (χ1v) is 5.79. The zero-order chi connectivity index (χ0) is 12.8. The molecule has 0 saturated carbocycles. The van der Waals surface area contributed by atoms with E-state index in [1.165, 1.54) is 7.11 Å². The van der Waals surface area contributed by atoms with Crippen molar-refractivity contribution in [1.29, 1.82) is 0 Å². The molecule has 92 valence electrons. The van der Waals surface area contributed by atoms with Gasteiger partial charge in [-0.25, -0.2) is 4.79 Å². The first-order valence-electron chi connectivity index (χ1n) is 5.41. The van der Waals surface area contributed by atoms with Crippen molar-refractivity contribution >= 4 is 23.8 Å². The molecule has 0 aliphatic rings. The molecule has 1 rings (SSSR count). The summed E-state index contributed by atoms with van der Waals surface area (Å²) in [7, 11) is 1.37. The van der Waals surface area contributed by atoms with Crippen molar-refractivity contribution in [2.45, 2.75) is 19.9 Å². The molecule has 17 heavy (non-hydrogen) atoms. The highest BCUT2D eigenvalue weighted by atomic mass is 35.5. The van der Waals surface area contributed by atoms with Crippen LogP contribution in [-0.2, 0) is 9.53 Å². The highest BCUT2D eigenvalue weighted by Gasteiger charge is 2.20. The minimum Gasteiger partial charge on any atom is -0.467 e. The van der Waals surface area contributed by atoms with Gasteiger partial charge in [-0.05, 0) is 23.6 Å². The van der Waals surface area contributed by atoms with Crippen molar-refractivity contribution in [3.63, 3.8) is 0 Å². The number of carbonyl (C=O) groups excluding carboxylic acids is 1. The first-order chi connectivity index (χ1) is 8.04. The lowest BCUT2D eigenvalue weighted by molar-refractivity contribution is -0.143. The summed E-state index contributed by atoms with van der Waals surface area (Å²) in [5.74, 6) is -0.212. The van der Waals surface area contributed by atoms with Gasteiger partial charge in [-0.1, -0.05) is 37.6 Å². The van der Waals surface area contributed by atoms with Gasteiger partial charge in [-0.2, -0.15) is 0 Å². The molecule has 0 heterocycles. The topological polar surface area (TPSA) is 38.7 Å². The van der Waals surface area contributed by atoms with Crippen LogP contribution in [0.3, 0.4) is 0 Å². The summed E-state index contributed by atoms with van der Waals surface area (Å²) in [5, 5.41) is 0.676. The number of halogens is 1. The van der Waals surface area contributed by atoms with E-state index in [1.54, 1.807) is 18.3 Å². The molecule has 0 radical (unpaired) electrons. The molecule has 0 spiro atoms. The third-order valence-electron chi connectivity index (χ3n) is 2.33. The number of benzene rings is 1. The molecule has 1 unspecified atom stereocenters. The van der Waals surface area contributed by atoms with Crippen molar-refractivity contribution in [3.05, 3.63) is 34.9 Å². The van der Waals surface area contributed by atoms with Crippen molar-refractivity contribution in [1.82, 2.24) is 0 Å². The van der Waals surface area contributed by atoms with E-state index < -0.39 is 6.04 Å². The molecule has 1 atom stereocenters. The molecule has 4 heteroatoms. The molecule has 3 nitrogen and oxygen atoms in total. The Morgan fingerprint density at radius 2 is 1.94 bits per heavy atom. The van der Waals surface area contributed by atoms with E-state index in [4.69, 9.17) is 16.3 Å². The molecular weight excluding hydrogens is 238 g/mol. The van der Waals surface area contributed by atoms with Gasteiger partial charge in [-0.15, -0.1) is 0 Å². The summed E-state index contributed by atoms with van der Waals surface area (Å²) in [6, 6.07) is 6.80. The van der Waals surface area contributed by atoms with Crippen LogP contribution in [-0.4, -0.2) is 25.3 Å². The molecule has 0 aromatic heterocycles. The van der Waals surface area contributed by atoms with Crippen LogP contribution in [0, 0.1) is 5.92 Å². The molecule has 0 bridgehead atoms. The Morgan fingerprint density at radius 1 is 1.35 bits per heavy atom. The van der Waals surface area contributed by atoms with Gasteiger partial charge in [0, 0.05) is 11.2 Å².